The number of rotatable bonds is 5. The van der Waals surface area contributed by atoms with Crippen molar-refractivity contribution in [1.82, 2.24) is 0 Å². The summed E-state index contributed by atoms with van der Waals surface area (Å²) in [4.78, 5) is 0. The van der Waals surface area contributed by atoms with E-state index in [4.69, 9.17) is 0 Å². The standard InChI is InChI=1S/C13H21B/c1-4-5-11-13(2,3)14-12-9-7-6-8-10-12/h6-10,14H,4-5,11H2,1-3H3. The van der Waals surface area contributed by atoms with Crippen molar-refractivity contribution in [2.75, 3.05) is 0 Å². The lowest BCUT2D eigenvalue weighted by atomic mass is 9.49. The van der Waals surface area contributed by atoms with Crippen molar-refractivity contribution in [3.63, 3.8) is 0 Å². The van der Waals surface area contributed by atoms with E-state index in [1.807, 2.05) is 0 Å². The summed E-state index contributed by atoms with van der Waals surface area (Å²) >= 11 is 0. The van der Waals surface area contributed by atoms with Crippen molar-refractivity contribution < 1.29 is 0 Å². The van der Waals surface area contributed by atoms with Gasteiger partial charge in [0.05, 0.1) is 0 Å². The minimum atomic E-state index is 0.456. The molecule has 0 spiro atoms. The third-order valence-corrected chi connectivity index (χ3v) is 2.73. The summed E-state index contributed by atoms with van der Waals surface area (Å²) in [5.41, 5.74) is 1.47. The molecule has 1 rings (SSSR count). The van der Waals surface area contributed by atoms with Gasteiger partial charge in [-0.25, -0.2) is 0 Å². The van der Waals surface area contributed by atoms with Gasteiger partial charge < -0.3 is 0 Å². The first-order valence-corrected chi connectivity index (χ1v) is 5.68. The Morgan fingerprint density at radius 2 is 1.79 bits per heavy atom. The highest BCUT2D eigenvalue weighted by Gasteiger charge is 2.18. The third-order valence-electron chi connectivity index (χ3n) is 2.73. The molecule has 0 nitrogen and oxygen atoms in total. The van der Waals surface area contributed by atoms with E-state index in [1.54, 1.807) is 0 Å². The van der Waals surface area contributed by atoms with E-state index in [0.717, 1.165) is 0 Å². The van der Waals surface area contributed by atoms with E-state index in [9.17, 15) is 0 Å². The maximum atomic E-state index is 2.37. The van der Waals surface area contributed by atoms with Crippen LogP contribution in [0, 0.1) is 0 Å². The van der Waals surface area contributed by atoms with Gasteiger partial charge in [0.15, 0.2) is 7.28 Å². The Balaban J connectivity index is 2.50. The fourth-order valence-corrected chi connectivity index (χ4v) is 1.89. The molecule has 0 aromatic heterocycles. The summed E-state index contributed by atoms with van der Waals surface area (Å²) in [5.74, 6) is 0. The van der Waals surface area contributed by atoms with Gasteiger partial charge in [0.1, 0.15) is 0 Å². The molecule has 0 atom stereocenters. The molecule has 0 N–H and O–H groups in total. The first-order valence-electron chi connectivity index (χ1n) is 5.68. The van der Waals surface area contributed by atoms with Crippen LogP contribution in [-0.4, -0.2) is 7.28 Å². The van der Waals surface area contributed by atoms with Gasteiger partial charge in [-0.3, -0.25) is 0 Å². The topological polar surface area (TPSA) is 0 Å². The molecule has 1 aromatic carbocycles. The second-order valence-corrected chi connectivity index (χ2v) is 4.93. The van der Waals surface area contributed by atoms with Crippen LogP contribution in [0.4, 0.5) is 0 Å². The van der Waals surface area contributed by atoms with Crippen molar-refractivity contribution in [2.45, 2.75) is 45.3 Å². The Bertz CT molecular complexity index is 251. The van der Waals surface area contributed by atoms with Crippen LogP contribution in [0.2, 0.25) is 5.31 Å². The molecule has 0 bridgehead atoms. The number of benzene rings is 1. The minimum absolute atomic E-state index is 0.456. The summed E-state index contributed by atoms with van der Waals surface area (Å²) in [6.07, 6.45) is 3.98. The molecule has 76 valence electrons. The van der Waals surface area contributed by atoms with E-state index in [-0.39, 0.29) is 0 Å². The summed E-state index contributed by atoms with van der Waals surface area (Å²) in [6, 6.07) is 10.8. The lowest BCUT2D eigenvalue weighted by Crippen LogP contribution is -2.25. The zero-order chi connectivity index (χ0) is 10.4. The smallest absolute Gasteiger partial charge is 0.0840 e. The van der Waals surface area contributed by atoms with Gasteiger partial charge in [-0.1, -0.05) is 81.1 Å². The van der Waals surface area contributed by atoms with Crippen molar-refractivity contribution in [3.05, 3.63) is 30.3 Å². The highest BCUT2D eigenvalue weighted by molar-refractivity contribution is 6.56. The molecule has 0 unspecified atom stereocenters. The van der Waals surface area contributed by atoms with Crippen molar-refractivity contribution in [1.29, 1.82) is 0 Å². The molecule has 0 radical (unpaired) electrons. The molecule has 0 amide bonds. The quantitative estimate of drug-likeness (QED) is 0.622. The Morgan fingerprint density at radius 1 is 1.14 bits per heavy atom. The van der Waals surface area contributed by atoms with Crippen LogP contribution >= 0.6 is 0 Å². The molecular formula is C13H21B. The van der Waals surface area contributed by atoms with Crippen LogP contribution < -0.4 is 5.46 Å². The van der Waals surface area contributed by atoms with E-state index in [2.05, 4.69) is 51.1 Å². The first kappa shape index (κ1) is 11.4. The molecule has 0 aliphatic rings. The van der Waals surface area contributed by atoms with Gasteiger partial charge in [-0.2, -0.15) is 0 Å². The van der Waals surface area contributed by atoms with Crippen molar-refractivity contribution in [2.24, 2.45) is 0 Å². The monoisotopic (exact) mass is 188 g/mol. The Hall–Kier alpha value is -0.715. The molecule has 0 saturated carbocycles. The number of hydrogen-bond donors (Lipinski definition) is 0. The molecule has 1 aromatic rings. The fraction of sp³-hybridized carbons (Fsp3) is 0.538. The van der Waals surface area contributed by atoms with Gasteiger partial charge in [0.2, 0.25) is 0 Å². The Labute approximate surface area is 89.0 Å². The van der Waals surface area contributed by atoms with Gasteiger partial charge in [-0.15, -0.1) is 0 Å². The Morgan fingerprint density at radius 3 is 2.36 bits per heavy atom. The molecule has 1 heteroatoms. The van der Waals surface area contributed by atoms with Gasteiger partial charge in [0, 0.05) is 0 Å². The summed E-state index contributed by atoms with van der Waals surface area (Å²) in [7, 11) is 1.20. The SMILES string of the molecule is CCCCC(C)(C)Bc1ccccc1. The van der Waals surface area contributed by atoms with Crippen LogP contribution in [0.25, 0.3) is 0 Å². The van der Waals surface area contributed by atoms with Crippen molar-refractivity contribution >= 4 is 12.7 Å². The van der Waals surface area contributed by atoms with E-state index < -0.39 is 0 Å². The zero-order valence-electron chi connectivity index (χ0n) is 9.72. The highest BCUT2D eigenvalue weighted by atomic mass is 14.1. The average molecular weight is 188 g/mol. The second kappa shape index (κ2) is 5.24. The largest absolute Gasteiger partial charge is 0.163 e. The maximum Gasteiger partial charge on any atom is 0.163 e. The average Bonchev–Trinajstić information content (AvgIpc) is 2.16. The fourth-order valence-electron chi connectivity index (χ4n) is 1.89. The van der Waals surface area contributed by atoms with Crippen LogP contribution in [0.3, 0.4) is 0 Å². The van der Waals surface area contributed by atoms with Crippen LogP contribution in [0.15, 0.2) is 30.3 Å². The molecule has 0 aliphatic carbocycles. The maximum absolute atomic E-state index is 2.37. The summed E-state index contributed by atoms with van der Waals surface area (Å²) in [6.45, 7) is 7.00. The van der Waals surface area contributed by atoms with E-state index >= 15 is 0 Å². The summed E-state index contributed by atoms with van der Waals surface area (Å²) < 4.78 is 0. The molecule has 0 fully saturated rings. The van der Waals surface area contributed by atoms with Gasteiger partial charge in [0.25, 0.3) is 0 Å². The first-order chi connectivity index (χ1) is 6.64. The van der Waals surface area contributed by atoms with Gasteiger partial charge in [-0.05, 0) is 0 Å². The molecule has 0 saturated heterocycles. The predicted octanol–water partition coefficient (Wildman–Crippen LogP) is 3.14. The minimum Gasteiger partial charge on any atom is -0.0840 e. The lowest BCUT2D eigenvalue weighted by Gasteiger charge is -2.23. The number of hydrogen-bond acceptors (Lipinski definition) is 0. The summed E-state index contributed by atoms with van der Waals surface area (Å²) in [5, 5.41) is 0.456. The van der Waals surface area contributed by atoms with E-state index in [0.29, 0.717) is 5.31 Å². The van der Waals surface area contributed by atoms with Crippen LogP contribution in [0.5, 0.6) is 0 Å². The molecule has 14 heavy (non-hydrogen) atoms. The van der Waals surface area contributed by atoms with Crippen LogP contribution in [0.1, 0.15) is 40.0 Å². The second-order valence-electron chi connectivity index (χ2n) is 4.93. The third kappa shape index (κ3) is 4.00. The zero-order valence-corrected chi connectivity index (χ0v) is 9.72. The predicted molar refractivity (Wildman–Crippen MR) is 66.8 cm³/mol. The van der Waals surface area contributed by atoms with E-state index in [1.165, 1.54) is 32.0 Å². The van der Waals surface area contributed by atoms with Crippen molar-refractivity contribution in [3.8, 4) is 0 Å². The molecule has 0 heterocycles. The molecular weight excluding hydrogens is 167 g/mol. The Kier molecular flexibility index (Phi) is 4.25. The highest BCUT2D eigenvalue weighted by Crippen LogP contribution is 2.29. The van der Waals surface area contributed by atoms with Crippen LogP contribution in [-0.2, 0) is 0 Å². The van der Waals surface area contributed by atoms with Gasteiger partial charge >= 0.3 is 0 Å². The normalized spacial score (nSPS) is 11.4. The molecule has 0 aliphatic heterocycles. The lowest BCUT2D eigenvalue weighted by molar-refractivity contribution is 0.567. The number of unbranched alkanes of at least 4 members (excludes halogenated alkanes) is 1.